The maximum Gasteiger partial charge on any atom is 0.0273 e. The average molecular weight is 206 g/mol. The molecule has 70 valence electrons. The quantitative estimate of drug-likeness (QED) is 0.807. The normalized spacial score (nSPS) is 10.0. The summed E-state index contributed by atoms with van der Waals surface area (Å²) in [5, 5.41) is 2.21. The predicted octanol–water partition coefficient (Wildman–Crippen LogP) is 2.83. The van der Waals surface area contributed by atoms with Crippen molar-refractivity contribution in [3.63, 3.8) is 0 Å². The van der Waals surface area contributed by atoms with E-state index in [0.29, 0.717) is 6.54 Å². The smallest absolute Gasteiger partial charge is 0.0273 e. The van der Waals surface area contributed by atoms with Crippen LogP contribution in [-0.4, -0.2) is 0 Å². The number of nitrogens with two attached hydrogens (primary N) is 1. The Balaban J connectivity index is 0.00000121. The molecule has 0 radical (unpaired) electrons. The Kier molecular flexibility index (Phi) is 5.55. The van der Waals surface area contributed by atoms with Gasteiger partial charge in [0, 0.05) is 11.4 Å². The maximum absolute atomic E-state index is 5.50. The summed E-state index contributed by atoms with van der Waals surface area (Å²) < 4.78 is 0. The van der Waals surface area contributed by atoms with E-state index in [-0.39, 0.29) is 12.4 Å². The summed E-state index contributed by atoms with van der Waals surface area (Å²) in [4.78, 5) is 1.29. The molecular formula is C9H16ClNS. The largest absolute Gasteiger partial charge is 0.326 e. The van der Waals surface area contributed by atoms with Crippen molar-refractivity contribution in [3.8, 4) is 0 Å². The second-order valence-corrected chi connectivity index (χ2v) is 4.22. The van der Waals surface area contributed by atoms with E-state index in [1.807, 2.05) is 0 Å². The lowest BCUT2D eigenvalue weighted by Crippen LogP contribution is -1.93. The molecule has 1 aromatic heterocycles. The minimum Gasteiger partial charge on any atom is -0.326 e. The molecule has 0 aromatic carbocycles. The topological polar surface area (TPSA) is 26.0 Å². The molecule has 0 spiro atoms. The predicted molar refractivity (Wildman–Crippen MR) is 58.0 cm³/mol. The molecule has 0 fully saturated rings. The third-order valence-corrected chi connectivity index (χ3v) is 2.56. The first-order chi connectivity index (χ1) is 5.22. The van der Waals surface area contributed by atoms with Crippen molar-refractivity contribution in [3.05, 3.63) is 21.9 Å². The second kappa shape index (κ2) is 5.57. The molecular weight excluding hydrogens is 190 g/mol. The van der Waals surface area contributed by atoms with Crippen LogP contribution in [0.15, 0.2) is 11.4 Å². The molecule has 0 aliphatic heterocycles. The standard InChI is InChI=1S/C9H15NS.ClH/c1-7(2)3-8-4-9(5-10)11-6-8;/h4,6-7H,3,5,10H2,1-2H3;1H. The van der Waals surface area contributed by atoms with Gasteiger partial charge in [0.1, 0.15) is 0 Å². The number of thiophene rings is 1. The summed E-state index contributed by atoms with van der Waals surface area (Å²) in [6.45, 7) is 5.16. The first-order valence-corrected chi connectivity index (χ1v) is 4.86. The van der Waals surface area contributed by atoms with Crippen LogP contribution in [0.3, 0.4) is 0 Å². The summed E-state index contributed by atoms with van der Waals surface area (Å²) >= 11 is 1.77. The number of rotatable bonds is 3. The van der Waals surface area contributed by atoms with Gasteiger partial charge in [-0.15, -0.1) is 23.7 Å². The Hall–Kier alpha value is -0.0500. The van der Waals surface area contributed by atoms with Crippen LogP contribution in [-0.2, 0) is 13.0 Å². The Morgan fingerprint density at radius 1 is 1.50 bits per heavy atom. The van der Waals surface area contributed by atoms with Gasteiger partial charge in [-0.1, -0.05) is 13.8 Å². The van der Waals surface area contributed by atoms with Gasteiger partial charge >= 0.3 is 0 Å². The molecule has 0 bridgehead atoms. The summed E-state index contributed by atoms with van der Waals surface area (Å²) in [5.41, 5.74) is 6.94. The molecule has 0 aliphatic rings. The Labute approximate surface area is 84.4 Å². The average Bonchev–Trinajstić information content (AvgIpc) is 2.34. The van der Waals surface area contributed by atoms with Gasteiger partial charge in [-0.05, 0) is 29.3 Å². The molecule has 0 saturated carbocycles. The van der Waals surface area contributed by atoms with E-state index < -0.39 is 0 Å². The maximum atomic E-state index is 5.50. The summed E-state index contributed by atoms with van der Waals surface area (Å²) in [5.74, 6) is 0.746. The van der Waals surface area contributed by atoms with Crippen molar-refractivity contribution in [2.45, 2.75) is 26.8 Å². The highest BCUT2D eigenvalue weighted by atomic mass is 35.5. The molecule has 1 aromatic rings. The zero-order chi connectivity index (χ0) is 8.27. The lowest BCUT2D eigenvalue weighted by atomic mass is 10.1. The van der Waals surface area contributed by atoms with E-state index in [1.165, 1.54) is 16.9 Å². The van der Waals surface area contributed by atoms with Gasteiger partial charge < -0.3 is 5.73 Å². The van der Waals surface area contributed by atoms with Gasteiger partial charge in [-0.25, -0.2) is 0 Å². The first-order valence-electron chi connectivity index (χ1n) is 3.98. The molecule has 0 saturated heterocycles. The highest BCUT2D eigenvalue weighted by Crippen LogP contribution is 2.16. The van der Waals surface area contributed by atoms with Gasteiger partial charge in [-0.3, -0.25) is 0 Å². The fraction of sp³-hybridized carbons (Fsp3) is 0.556. The molecule has 2 N–H and O–H groups in total. The van der Waals surface area contributed by atoms with Crippen molar-refractivity contribution in [2.75, 3.05) is 0 Å². The van der Waals surface area contributed by atoms with Crippen LogP contribution >= 0.6 is 23.7 Å². The fourth-order valence-corrected chi connectivity index (χ4v) is 1.89. The van der Waals surface area contributed by atoms with Crippen LogP contribution in [0.2, 0.25) is 0 Å². The van der Waals surface area contributed by atoms with Gasteiger partial charge in [0.25, 0.3) is 0 Å². The molecule has 1 heterocycles. The third-order valence-electron chi connectivity index (χ3n) is 1.55. The van der Waals surface area contributed by atoms with E-state index in [9.17, 15) is 0 Å². The van der Waals surface area contributed by atoms with E-state index in [1.54, 1.807) is 11.3 Å². The van der Waals surface area contributed by atoms with E-state index in [2.05, 4.69) is 25.3 Å². The lowest BCUT2D eigenvalue weighted by Gasteiger charge is -1.99. The van der Waals surface area contributed by atoms with Crippen LogP contribution in [0.1, 0.15) is 24.3 Å². The molecule has 0 amide bonds. The summed E-state index contributed by atoms with van der Waals surface area (Å²) in [7, 11) is 0. The molecule has 0 atom stereocenters. The van der Waals surface area contributed by atoms with Gasteiger partial charge in [0.15, 0.2) is 0 Å². The molecule has 1 rings (SSSR count). The monoisotopic (exact) mass is 205 g/mol. The summed E-state index contributed by atoms with van der Waals surface area (Å²) in [6, 6.07) is 2.21. The zero-order valence-corrected chi connectivity index (χ0v) is 9.17. The number of hydrogen-bond donors (Lipinski definition) is 1. The second-order valence-electron chi connectivity index (χ2n) is 3.22. The van der Waals surface area contributed by atoms with Crippen molar-refractivity contribution in [1.29, 1.82) is 0 Å². The van der Waals surface area contributed by atoms with E-state index in [0.717, 1.165) is 5.92 Å². The Bertz CT molecular complexity index is 220. The van der Waals surface area contributed by atoms with Crippen LogP contribution < -0.4 is 5.73 Å². The third kappa shape index (κ3) is 3.57. The fourth-order valence-electron chi connectivity index (χ4n) is 1.11. The highest BCUT2D eigenvalue weighted by Gasteiger charge is 2.00. The minimum atomic E-state index is 0. The SMILES string of the molecule is CC(C)Cc1csc(CN)c1.Cl. The molecule has 0 unspecified atom stereocenters. The van der Waals surface area contributed by atoms with E-state index >= 15 is 0 Å². The van der Waals surface area contributed by atoms with Crippen molar-refractivity contribution in [1.82, 2.24) is 0 Å². The molecule has 0 aliphatic carbocycles. The van der Waals surface area contributed by atoms with Gasteiger partial charge in [0.05, 0.1) is 0 Å². The van der Waals surface area contributed by atoms with Crippen LogP contribution in [0.25, 0.3) is 0 Å². The van der Waals surface area contributed by atoms with E-state index in [4.69, 9.17) is 5.73 Å². The van der Waals surface area contributed by atoms with Crippen LogP contribution in [0.5, 0.6) is 0 Å². The van der Waals surface area contributed by atoms with Gasteiger partial charge in [0.2, 0.25) is 0 Å². The molecule has 3 heteroatoms. The van der Waals surface area contributed by atoms with Crippen LogP contribution in [0.4, 0.5) is 0 Å². The summed E-state index contributed by atoms with van der Waals surface area (Å²) in [6.07, 6.45) is 1.18. The lowest BCUT2D eigenvalue weighted by molar-refractivity contribution is 0.648. The Morgan fingerprint density at radius 2 is 2.17 bits per heavy atom. The number of hydrogen-bond acceptors (Lipinski definition) is 2. The van der Waals surface area contributed by atoms with Gasteiger partial charge in [-0.2, -0.15) is 0 Å². The highest BCUT2D eigenvalue weighted by molar-refractivity contribution is 7.10. The zero-order valence-electron chi connectivity index (χ0n) is 7.54. The van der Waals surface area contributed by atoms with Crippen LogP contribution in [0, 0.1) is 5.92 Å². The van der Waals surface area contributed by atoms with Crippen molar-refractivity contribution >= 4 is 23.7 Å². The Morgan fingerprint density at radius 3 is 2.58 bits per heavy atom. The van der Waals surface area contributed by atoms with Crippen molar-refractivity contribution < 1.29 is 0 Å². The van der Waals surface area contributed by atoms with Crippen molar-refractivity contribution in [2.24, 2.45) is 11.7 Å². The molecule has 1 nitrogen and oxygen atoms in total. The number of halogens is 1. The first kappa shape index (κ1) is 11.9. The minimum absolute atomic E-state index is 0. The molecule has 12 heavy (non-hydrogen) atoms.